The summed E-state index contributed by atoms with van der Waals surface area (Å²) < 4.78 is 5.43. The van der Waals surface area contributed by atoms with E-state index in [2.05, 4.69) is 10.3 Å². The number of nitrogens with two attached hydrogens (primary N) is 1. The molecule has 0 aliphatic carbocycles. The highest BCUT2D eigenvalue weighted by atomic mass is 32.1. The number of benzene rings is 1. The molecule has 126 valence electrons. The van der Waals surface area contributed by atoms with Gasteiger partial charge >= 0.3 is 0 Å². The van der Waals surface area contributed by atoms with Gasteiger partial charge in [0.2, 0.25) is 5.91 Å². The predicted molar refractivity (Wildman–Crippen MR) is 93.5 cm³/mol. The molecular formula is C16H18N4O3S. The van der Waals surface area contributed by atoms with E-state index in [-0.39, 0.29) is 24.8 Å². The standard InChI is InChI=1S/C16H18N4O3S/c1-9-15(19-16(24-9)18-13(21)5-6-17)10-3-4-12-11(7-10)20(2)14(22)8-23-12/h3-4,7H,5-6,8,17H2,1-2H3,(H,18,19,21). The SMILES string of the molecule is Cc1sc(NC(=O)CCN)nc1-c1ccc2c(c1)N(C)C(=O)CO2. The summed E-state index contributed by atoms with van der Waals surface area (Å²) in [5.41, 5.74) is 7.73. The minimum absolute atomic E-state index is 0.0515. The first-order chi connectivity index (χ1) is 11.5. The van der Waals surface area contributed by atoms with Gasteiger partial charge in [-0.05, 0) is 25.1 Å². The third-order valence-electron chi connectivity index (χ3n) is 3.73. The van der Waals surface area contributed by atoms with Crippen molar-refractivity contribution in [2.45, 2.75) is 13.3 Å². The van der Waals surface area contributed by atoms with Crippen LogP contribution >= 0.6 is 11.3 Å². The van der Waals surface area contributed by atoms with E-state index in [1.165, 1.54) is 11.3 Å². The van der Waals surface area contributed by atoms with Gasteiger partial charge in [0, 0.05) is 30.5 Å². The topological polar surface area (TPSA) is 97.5 Å². The van der Waals surface area contributed by atoms with Crippen LogP contribution in [0.25, 0.3) is 11.3 Å². The van der Waals surface area contributed by atoms with Crippen molar-refractivity contribution in [2.24, 2.45) is 5.73 Å². The molecule has 0 saturated carbocycles. The summed E-state index contributed by atoms with van der Waals surface area (Å²) in [6, 6.07) is 5.61. The molecule has 3 N–H and O–H groups in total. The summed E-state index contributed by atoms with van der Waals surface area (Å²) in [6.45, 7) is 2.29. The minimum Gasteiger partial charge on any atom is -0.482 e. The second-order valence-corrected chi connectivity index (χ2v) is 6.64. The highest BCUT2D eigenvalue weighted by Gasteiger charge is 2.23. The van der Waals surface area contributed by atoms with Gasteiger partial charge in [0.1, 0.15) is 5.75 Å². The lowest BCUT2D eigenvalue weighted by Gasteiger charge is -2.26. The molecule has 24 heavy (non-hydrogen) atoms. The summed E-state index contributed by atoms with van der Waals surface area (Å²) in [5, 5.41) is 3.29. The first kappa shape index (κ1) is 16.4. The zero-order chi connectivity index (χ0) is 17.3. The number of fused-ring (bicyclic) bond motifs is 1. The molecule has 1 aromatic heterocycles. The predicted octanol–water partition coefficient (Wildman–Crippen LogP) is 1.76. The molecular weight excluding hydrogens is 328 g/mol. The summed E-state index contributed by atoms with van der Waals surface area (Å²) in [6.07, 6.45) is 0.261. The number of carbonyl (C=O) groups is 2. The maximum atomic E-state index is 11.8. The van der Waals surface area contributed by atoms with Crippen LogP contribution in [0.2, 0.25) is 0 Å². The Morgan fingerprint density at radius 2 is 2.29 bits per heavy atom. The second kappa shape index (κ2) is 6.58. The van der Waals surface area contributed by atoms with Gasteiger partial charge in [-0.1, -0.05) is 0 Å². The average Bonchev–Trinajstić information content (AvgIpc) is 2.91. The van der Waals surface area contributed by atoms with Gasteiger partial charge in [-0.15, -0.1) is 11.3 Å². The Hall–Kier alpha value is -2.45. The molecule has 0 spiro atoms. The summed E-state index contributed by atoms with van der Waals surface area (Å²) in [5.74, 6) is 0.427. The van der Waals surface area contributed by atoms with Gasteiger partial charge in [-0.3, -0.25) is 9.59 Å². The number of amides is 2. The molecule has 2 heterocycles. The van der Waals surface area contributed by atoms with E-state index in [1.54, 1.807) is 11.9 Å². The van der Waals surface area contributed by atoms with Crippen LogP contribution < -0.4 is 20.7 Å². The van der Waals surface area contributed by atoms with Crippen LogP contribution in [0, 0.1) is 6.92 Å². The Morgan fingerprint density at radius 1 is 1.50 bits per heavy atom. The molecule has 2 amide bonds. The van der Waals surface area contributed by atoms with Gasteiger partial charge < -0.3 is 20.7 Å². The average molecular weight is 346 g/mol. The fraction of sp³-hybridized carbons (Fsp3) is 0.312. The van der Waals surface area contributed by atoms with Crippen molar-refractivity contribution >= 4 is 34.0 Å². The number of likely N-dealkylation sites (N-methyl/N-ethyl adjacent to an activating group) is 1. The number of aryl methyl sites for hydroxylation is 1. The van der Waals surface area contributed by atoms with E-state index < -0.39 is 0 Å². The van der Waals surface area contributed by atoms with Crippen molar-refractivity contribution in [3.05, 3.63) is 23.1 Å². The minimum atomic E-state index is -0.151. The van der Waals surface area contributed by atoms with Gasteiger partial charge in [-0.25, -0.2) is 4.98 Å². The Morgan fingerprint density at radius 3 is 3.04 bits per heavy atom. The van der Waals surface area contributed by atoms with Crippen LogP contribution in [0.1, 0.15) is 11.3 Å². The van der Waals surface area contributed by atoms with E-state index in [0.29, 0.717) is 23.1 Å². The highest BCUT2D eigenvalue weighted by molar-refractivity contribution is 7.16. The molecule has 1 aliphatic rings. The molecule has 7 nitrogen and oxygen atoms in total. The number of nitrogens with one attached hydrogen (secondary N) is 1. The molecule has 1 aromatic carbocycles. The number of hydrogen-bond donors (Lipinski definition) is 2. The molecule has 1 aliphatic heterocycles. The largest absolute Gasteiger partial charge is 0.482 e. The molecule has 2 aromatic rings. The maximum absolute atomic E-state index is 11.8. The molecule has 8 heteroatoms. The van der Waals surface area contributed by atoms with Crippen LogP contribution in [0.3, 0.4) is 0 Å². The van der Waals surface area contributed by atoms with Crippen molar-refractivity contribution in [3.8, 4) is 17.0 Å². The Labute approximate surface area is 143 Å². The molecule has 0 saturated heterocycles. The lowest BCUT2D eigenvalue weighted by molar-refractivity contribution is -0.121. The van der Waals surface area contributed by atoms with Crippen molar-refractivity contribution in [2.75, 3.05) is 30.4 Å². The third kappa shape index (κ3) is 3.10. The second-order valence-electron chi connectivity index (χ2n) is 5.43. The van der Waals surface area contributed by atoms with Gasteiger partial charge in [0.05, 0.1) is 11.4 Å². The first-order valence-corrected chi connectivity index (χ1v) is 8.32. The van der Waals surface area contributed by atoms with Crippen LogP contribution in [-0.2, 0) is 9.59 Å². The number of rotatable bonds is 4. The van der Waals surface area contributed by atoms with Crippen LogP contribution in [0.4, 0.5) is 10.8 Å². The van der Waals surface area contributed by atoms with E-state index in [0.717, 1.165) is 16.1 Å². The van der Waals surface area contributed by atoms with Crippen molar-refractivity contribution in [1.82, 2.24) is 4.98 Å². The van der Waals surface area contributed by atoms with E-state index in [9.17, 15) is 9.59 Å². The van der Waals surface area contributed by atoms with E-state index >= 15 is 0 Å². The molecule has 0 atom stereocenters. The summed E-state index contributed by atoms with van der Waals surface area (Å²) in [4.78, 5) is 30.5. The normalized spacial score (nSPS) is 13.5. The zero-order valence-electron chi connectivity index (χ0n) is 13.5. The van der Waals surface area contributed by atoms with Crippen molar-refractivity contribution < 1.29 is 14.3 Å². The molecule has 0 radical (unpaired) electrons. The lowest BCUT2D eigenvalue weighted by atomic mass is 10.1. The van der Waals surface area contributed by atoms with Gasteiger partial charge in [0.15, 0.2) is 11.7 Å². The number of aromatic nitrogens is 1. The molecule has 0 fully saturated rings. The Bertz CT molecular complexity index is 803. The quantitative estimate of drug-likeness (QED) is 0.879. The van der Waals surface area contributed by atoms with Gasteiger partial charge in [0.25, 0.3) is 5.91 Å². The number of nitrogens with zero attached hydrogens (tertiary/aromatic N) is 2. The summed E-state index contributed by atoms with van der Waals surface area (Å²) in [7, 11) is 1.72. The number of anilines is 2. The fourth-order valence-corrected chi connectivity index (χ4v) is 3.30. The van der Waals surface area contributed by atoms with Crippen LogP contribution in [-0.4, -0.2) is 37.0 Å². The monoisotopic (exact) mass is 346 g/mol. The number of ether oxygens (including phenoxy) is 1. The van der Waals surface area contributed by atoms with Gasteiger partial charge in [-0.2, -0.15) is 0 Å². The summed E-state index contributed by atoms with van der Waals surface area (Å²) >= 11 is 1.41. The lowest BCUT2D eigenvalue weighted by Crippen LogP contribution is -2.35. The Kier molecular flexibility index (Phi) is 4.50. The van der Waals surface area contributed by atoms with E-state index in [4.69, 9.17) is 10.5 Å². The Balaban J connectivity index is 1.91. The third-order valence-corrected chi connectivity index (χ3v) is 4.62. The van der Waals surface area contributed by atoms with Crippen LogP contribution in [0.5, 0.6) is 5.75 Å². The van der Waals surface area contributed by atoms with Crippen LogP contribution in [0.15, 0.2) is 18.2 Å². The van der Waals surface area contributed by atoms with E-state index in [1.807, 2.05) is 25.1 Å². The number of thiazole rings is 1. The molecule has 0 unspecified atom stereocenters. The molecule has 3 rings (SSSR count). The smallest absolute Gasteiger partial charge is 0.264 e. The van der Waals surface area contributed by atoms with Crippen molar-refractivity contribution in [1.29, 1.82) is 0 Å². The zero-order valence-corrected chi connectivity index (χ0v) is 14.3. The molecule has 0 bridgehead atoms. The number of hydrogen-bond acceptors (Lipinski definition) is 6. The number of carbonyl (C=O) groups excluding carboxylic acids is 2. The highest BCUT2D eigenvalue weighted by Crippen LogP contribution is 2.37. The maximum Gasteiger partial charge on any atom is 0.264 e. The first-order valence-electron chi connectivity index (χ1n) is 7.50. The fourth-order valence-electron chi connectivity index (χ4n) is 2.45. The van der Waals surface area contributed by atoms with Crippen molar-refractivity contribution in [3.63, 3.8) is 0 Å².